The van der Waals surface area contributed by atoms with E-state index in [-0.39, 0.29) is 0 Å². The van der Waals surface area contributed by atoms with E-state index in [1.54, 1.807) is 0 Å². The molecule has 1 aliphatic rings. The highest BCUT2D eigenvalue weighted by Gasteiger charge is 2.31. The van der Waals surface area contributed by atoms with Crippen LogP contribution in [0.3, 0.4) is 0 Å². The summed E-state index contributed by atoms with van der Waals surface area (Å²) in [7, 11) is 0. The fourth-order valence-corrected chi connectivity index (χ4v) is 2.34. The number of hydrogen-bond acceptors (Lipinski definition) is 2. The van der Waals surface area contributed by atoms with Gasteiger partial charge < -0.3 is 5.32 Å². The van der Waals surface area contributed by atoms with Crippen molar-refractivity contribution in [2.24, 2.45) is 5.92 Å². The molecule has 2 atom stereocenters. The Morgan fingerprint density at radius 1 is 1.36 bits per heavy atom. The van der Waals surface area contributed by atoms with Crippen LogP contribution in [0.25, 0.3) is 0 Å². The first-order valence-corrected chi connectivity index (χ1v) is 6.26. The van der Waals surface area contributed by atoms with Crippen molar-refractivity contribution in [3.63, 3.8) is 0 Å². The maximum Gasteiger partial charge on any atom is 0.0106 e. The number of hydrogen-bond donors (Lipinski definition) is 1. The molecule has 76 valence electrons. The molecule has 0 bridgehead atoms. The van der Waals surface area contributed by atoms with Gasteiger partial charge in [0.15, 0.2) is 0 Å². The lowest BCUT2D eigenvalue weighted by Crippen LogP contribution is -2.20. The van der Waals surface area contributed by atoms with E-state index in [1.807, 2.05) is 11.8 Å². The summed E-state index contributed by atoms with van der Waals surface area (Å²) in [6, 6.07) is 11.4. The van der Waals surface area contributed by atoms with Crippen molar-refractivity contribution < 1.29 is 0 Å². The van der Waals surface area contributed by atoms with Crippen LogP contribution in [0, 0.1) is 5.92 Å². The smallest absolute Gasteiger partial charge is 0.0106 e. The van der Waals surface area contributed by atoms with E-state index < -0.39 is 0 Å². The second kappa shape index (κ2) is 4.85. The van der Waals surface area contributed by atoms with Crippen LogP contribution in [-0.2, 0) is 0 Å². The molecule has 1 nitrogen and oxygen atoms in total. The Morgan fingerprint density at radius 3 is 2.71 bits per heavy atom. The van der Waals surface area contributed by atoms with Crippen LogP contribution in [0.2, 0.25) is 0 Å². The van der Waals surface area contributed by atoms with E-state index in [0.29, 0.717) is 0 Å². The molecule has 0 radical (unpaired) electrons. The third-order valence-electron chi connectivity index (χ3n) is 2.63. The van der Waals surface area contributed by atoms with Crippen LogP contribution in [0.1, 0.15) is 13.3 Å². The van der Waals surface area contributed by atoms with Crippen molar-refractivity contribution in [2.75, 3.05) is 12.3 Å². The van der Waals surface area contributed by atoms with E-state index in [4.69, 9.17) is 0 Å². The molecule has 1 aliphatic carbocycles. The molecule has 1 fully saturated rings. The fourth-order valence-electron chi connectivity index (χ4n) is 1.54. The molecule has 1 saturated carbocycles. The summed E-state index contributed by atoms with van der Waals surface area (Å²) in [4.78, 5) is 1.37. The number of benzene rings is 1. The molecule has 14 heavy (non-hydrogen) atoms. The maximum atomic E-state index is 3.56. The molecule has 0 aromatic heterocycles. The molecule has 2 heteroatoms. The summed E-state index contributed by atoms with van der Waals surface area (Å²) in [5.74, 6) is 2.09. The number of thioether (sulfide) groups is 1. The first-order chi connectivity index (χ1) is 6.86. The van der Waals surface area contributed by atoms with E-state index in [0.717, 1.165) is 18.5 Å². The normalized spacial score (nSPS) is 24.9. The van der Waals surface area contributed by atoms with Crippen molar-refractivity contribution in [2.45, 2.75) is 24.3 Å². The minimum absolute atomic E-state index is 0.811. The second-order valence-electron chi connectivity index (χ2n) is 3.94. The number of rotatable bonds is 5. The van der Waals surface area contributed by atoms with Crippen LogP contribution >= 0.6 is 11.8 Å². The van der Waals surface area contributed by atoms with Crippen LogP contribution in [0.15, 0.2) is 35.2 Å². The molecular formula is C12H17NS. The van der Waals surface area contributed by atoms with Gasteiger partial charge in [0.1, 0.15) is 0 Å². The van der Waals surface area contributed by atoms with E-state index in [9.17, 15) is 0 Å². The minimum atomic E-state index is 0.811. The van der Waals surface area contributed by atoms with Crippen molar-refractivity contribution in [3.05, 3.63) is 30.3 Å². The lowest BCUT2D eigenvalue weighted by Gasteiger charge is -2.02. The van der Waals surface area contributed by atoms with Crippen LogP contribution < -0.4 is 5.32 Å². The molecule has 0 saturated heterocycles. The van der Waals surface area contributed by atoms with Gasteiger partial charge in [0.05, 0.1) is 0 Å². The highest BCUT2D eigenvalue weighted by atomic mass is 32.2. The van der Waals surface area contributed by atoms with Crippen LogP contribution in [0.4, 0.5) is 0 Å². The Hall–Kier alpha value is -0.470. The predicted octanol–water partition coefficient (Wildman–Crippen LogP) is 2.78. The first-order valence-electron chi connectivity index (χ1n) is 5.27. The van der Waals surface area contributed by atoms with E-state index in [1.165, 1.54) is 17.1 Å². The van der Waals surface area contributed by atoms with Crippen molar-refractivity contribution in [1.82, 2.24) is 5.32 Å². The van der Waals surface area contributed by atoms with Gasteiger partial charge in [0, 0.05) is 23.2 Å². The van der Waals surface area contributed by atoms with Crippen LogP contribution in [-0.4, -0.2) is 18.3 Å². The molecule has 0 spiro atoms. The van der Waals surface area contributed by atoms with Gasteiger partial charge in [-0.05, 0) is 24.5 Å². The summed E-state index contributed by atoms with van der Waals surface area (Å²) < 4.78 is 0. The predicted molar refractivity (Wildman–Crippen MR) is 62.7 cm³/mol. The lowest BCUT2D eigenvalue weighted by molar-refractivity contribution is 0.684. The second-order valence-corrected chi connectivity index (χ2v) is 5.10. The molecule has 1 aromatic carbocycles. The highest BCUT2D eigenvalue weighted by Crippen LogP contribution is 2.28. The summed E-state index contributed by atoms with van der Waals surface area (Å²) in [5.41, 5.74) is 0. The molecule has 0 amide bonds. The monoisotopic (exact) mass is 207 g/mol. The molecule has 2 unspecified atom stereocenters. The Morgan fingerprint density at radius 2 is 2.07 bits per heavy atom. The fraction of sp³-hybridized carbons (Fsp3) is 0.500. The standard InChI is InChI=1S/C12H17NS/c1-10-9-12(10)13-7-8-14-11-5-3-2-4-6-11/h2-6,10,12-13H,7-9H2,1H3. The molecule has 1 N–H and O–H groups in total. The van der Waals surface area contributed by atoms with E-state index >= 15 is 0 Å². The highest BCUT2D eigenvalue weighted by molar-refractivity contribution is 7.99. The maximum absolute atomic E-state index is 3.56. The van der Waals surface area contributed by atoms with Crippen LogP contribution in [0.5, 0.6) is 0 Å². The van der Waals surface area contributed by atoms with Gasteiger partial charge in [-0.15, -0.1) is 11.8 Å². The third-order valence-corrected chi connectivity index (χ3v) is 3.64. The zero-order valence-electron chi connectivity index (χ0n) is 8.57. The van der Waals surface area contributed by atoms with Crippen molar-refractivity contribution in [3.8, 4) is 0 Å². The zero-order valence-corrected chi connectivity index (χ0v) is 9.39. The Kier molecular flexibility index (Phi) is 3.49. The Labute approximate surface area is 90.3 Å². The summed E-state index contributed by atoms with van der Waals surface area (Å²) in [6.45, 7) is 3.44. The average molecular weight is 207 g/mol. The molecular weight excluding hydrogens is 190 g/mol. The molecule has 0 aliphatic heterocycles. The molecule has 2 rings (SSSR count). The lowest BCUT2D eigenvalue weighted by atomic mass is 10.4. The largest absolute Gasteiger partial charge is 0.313 e. The van der Waals surface area contributed by atoms with Crippen molar-refractivity contribution >= 4 is 11.8 Å². The molecule has 0 heterocycles. The van der Waals surface area contributed by atoms with Gasteiger partial charge in [-0.1, -0.05) is 25.1 Å². The Bertz CT molecular complexity index is 273. The molecule has 1 aromatic rings. The summed E-state index contributed by atoms with van der Waals surface area (Å²) in [5, 5.41) is 3.56. The van der Waals surface area contributed by atoms with Gasteiger partial charge in [0.25, 0.3) is 0 Å². The third kappa shape index (κ3) is 3.03. The van der Waals surface area contributed by atoms with Gasteiger partial charge in [-0.3, -0.25) is 0 Å². The average Bonchev–Trinajstić information content (AvgIpc) is 2.91. The number of nitrogens with one attached hydrogen (secondary N) is 1. The van der Waals surface area contributed by atoms with Gasteiger partial charge in [-0.2, -0.15) is 0 Å². The van der Waals surface area contributed by atoms with Gasteiger partial charge >= 0.3 is 0 Å². The zero-order chi connectivity index (χ0) is 9.80. The van der Waals surface area contributed by atoms with Gasteiger partial charge in [-0.25, -0.2) is 0 Å². The van der Waals surface area contributed by atoms with Crippen molar-refractivity contribution in [1.29, 1.82) is 0 Å². The quantitative estimate of drug-likeness (QED) is 0.588. The summed E-state index contributed by atoms with van der Waals surface area (Å²) in [6.07, 6.45) is 1.37. The van der Waals surface area contributed by atoms with Gasteiger partial charge in [0.2, 0.25) is 0 Å². The van der Waals surface area contributed by atoms with E-state index in [2.05, 4.69) is 42.6 Å². The first kappa shape index (κ1) is 10.1. The Balaban J connectivity index is 1.59. The topological polar surface area (TPSA) is 12.0 Å². The SMILES string of the molecule is CC1CC1NCCSc1ccccc1. The summed E-state index contributed by atoms with van der Waals surface area (Å²) >= 11 is 1.93. The minimum Gasteiger partial charge on any atom is -0.313 e.